The average molecular weight is 454 g/mol. The van der Waals surface area contributed by atoms with E-state index in [-0.39, 0.29) is 22.4 Å². The molecule has 2 aromatic carbocycles. The summed E-state index contributed by atoms with van der Waals surface area (Å²) in [5, 5.41) is 4.07. The number of thiophene rings is 1. The van der Waals surface area contributed by atoms with Crippen molar-refractivity contribution in [2.45, 2.75) is 32.4 Å². The summed E-state index contributed by atoms with van der Waals surface area (Å²) in [6, 6.07) is 10.4. The first kappa shape index (κ1) is 21.6. The summed E-state index contributed by atoms with van der Waals surface area (Å²) in [6.45, 7) is 3.49. The third-order valence-corrected chi connectivity index (χ3v) is 6.12. The van der Waals surface area contributed by atoms with Gasteiger partial charge in [0, 0.05) is 15.1 Å². The Morgan fingerprint density at radius 2 is 1.90 bits per heavy atom. The quantitative estimate of drug-likeness (QED) is 0.454. The van der Waals surface area contributed by atoms with Gasteiger partial charge in [-0.3, -0.25) is 9.59 Å². The van der Waals surface area contributed by atoms with E-state index in [1.54, 1.807) is 38.1 Å². The van der Waals surface area contributed by atoms with Crippen LogP contribution in [0.25, 0.3) is 10.1 Å². The Hall–Kier alpha value is -2.15. The molecule has 0 aliphatic carbocycles. The normalized spacial score (nSPS) is 12.2. The largest absolute Gasteiger partial charge is 0.463 e. The molecule has 8 heteroatoms. The van der Waals surface area contributed by atoms with Crippen molar-refractivity contribution in [3.63, 3.8) is 0 Å². The van der Waals surface area contributed by atoms with Gasteiger partial charge in [0.2, 0.25) is 0 Å². The highest BCUT2D eigenvalue weighted by Gasteiger charge is 2.25. The Labute approximate surface area is 181 Å². The van der Waals surface area contributed by atoms with Crippen LogP contribution in [0.4, 0.5) is 4.39 Å². The maximum Gasteiger partial charge on any atom is 0.308 e. The van der Waals surface area contributed by atoms with Crippen LogP contribution in [0.2, 0.25) is 10.0 Å². The fourth-order valence-corrected chi connectivity index (χ4v) is 4.60. The number of hydrogen-bond donors (Lipinski definition) is 1. The van der Waals surface area contributed by atoms with Crippen LogP contribution < -0.4 is 5.32 Å². The molecular formula is C21H18Cl2FNO3S. The molecule has 1 heterocycles. The van der Waals surface area contributed by atoms with Gasteiger partial charge < -0.3 is 10.1 Å². The molecule has 0 fully saturated rings. The summed E-state index contributed by atoms with van der Waals surface area (Å²) in [5.74, 6) is -1.35. The second-order valence-electron chi connectivity index (χ2n) is 6.68. The van der Waals surface area contributed by atoms with Gasteiger partial charge in [0.15, 0.2) is 0 Å². The minimum absolute atomic E-state index is 0.0925. The number of esters is 1. The highest BCUT2D eigenvalue weighted by molar-refractivity contribution is 7.21. The van der Waals surface area contributed by atoms with Gasteiger partial charge in [-0.15, -0.1) is 11.3 Å². The molecule has 0 unspecified atom stereocenters. The van der Waals surface area contributed by atoms with E-state index in [0.29, 0.717) is 20.7 Å². The van der Waals surface area contributed by atoms with Crippen molar-refractivity contribution in [2.24, 2.45) is 0 Å². The summed E-state index contributed by atoms with van der Waals surface area (Å²) in [6.07, 6.45) is -0.373. The van der Waals surface area contributed by atoms with E-state index in [2.05, 4.69) is 5.32 Å². The molecule has 4 nitrogen and oxygen atoms in total. The predicted molar refractivity (Wildman–Crippen MR) is 114 cm³/mol. The lowest BCUT2D eigenvalue weighted by Crippen LogP contribution is -2.31. The number of ether oxygens (including phenoxy) is 1. The molecular weight excluding hydrogens is 436 g/mol. The summed E-state index contributed by atoms with van der Waals surface area (Å²) >= 11 is 13.7. The van der Waals surface area contributed by atoms with Crippen LogP contribution >= 0.6 is 34.5 Å². The second kappa shape index (κ2) is 9.11. The molecule has 29 heavy (non-hydrogen) atoms. The highest BCUT2D eigenvalue weighted by Crippen LogP contribution is 2.36. The monoisotopic (exact) mass is 453 g/mol. The highest BCUT2D eigenvalue weighted by atomic mass is 35.5. The van der Waals surface area contributed by atoms with Crippen molar-refractivity contribution in [3.05, 3.63) is 68.8 Å². The zero-order valence-corrected chi connectivity index (χ0v) is 18.0. The lowest BCUT2D eigenvalue weighted by atomic mass is 10.0. The molecule has 0 spiro atoms. The SMILES string of the molecule is CC(C)OC(=O)C[C@@H](NC(=O)c1sc2cc(F)ccc2c1Cl)c1ccccc1Cl. The molecule has 0 aliphatic rings. The average Bonchev–Trinajstić information content (AvgIpc) is 2.97. The van der Waals surface area contributed by atoms with Gasteiger partial charge in [0.05, 0.1) is 23.6 Å². The molecule has 1 aromatic heterocycles. The second-order valence-corrected chi connectivity index (χ2v) is 8.51. The molecule has 3 aromatic rings. The van der Waals surface area contributed by atoms with Gasteiger partial charge >= 0.3 is 5.97 Å². The van der Waals surface area contributed by atoms with E-state index in [1.807, 2.05) is 0 Å². The number of nitrogens with one attached hydrogen (secondary N) is 1. The van der Waals surface area contributed by atoms with Gasteiger partial charge in [0.25, 0.3) is 5.91 Å². The van der Waals surface area contributed by atoms with Gasteiger partial charge in [0.1, 0.15) is 10.7 Å². The van der Waals surface area contributed by atoms with E-state index in [4.69, 9.17) is 27.9 Å². The molecule has 1 amide bonds. The van der Waals surface area contributed by atoms with Crippen LogP contribution in [0, 0.1) is 5.82 Å². The standard InChI is InChI=1S/C21H18Cl2FNO3S/c1-11(2)28-18(26)10-16(13-5-3-4-6-15(13)22)25-21(27)20-19(23)14-8-7-12(24)9-17(14)29-20/h3-9,11,16H,10H2,1-2H3,(H,25,27)/t16-/m1/s1. The minimum Gasteiger partial charge on any atom is -0.463 e. The number of rotatable bonds is 6. The fraction of sp³-hybridized carbons (Fsp3) is 0.238. The van der Waals surface area contributed by atoms with E-state index < -0.39 is 23.7 Å². The Morgan fingerprint density at radius 1 is 1.17 bits per heavy atom. The number of benzene rings is 2. The summed E-state index contributed by atoms with van der Waals surface area (Å²) in [5.41, 5.74) is 0.589. The van der Waals surface area contributed by atoms with Crippen molar-refractivity contribution >= 4 is 56.5 Å². The lowest BCUT2D eigenvalue weighted by molar-refractivity contribution is -0.147. The zero-order chi connectivity index (χ0) is 21.1. The van der Waals surface area contributed by atoms with Gasteiger partial charge in [-0.25, -0.2) is 4.39 Å². The summed E-state index contributed by atoms with van der Waals surface area (Å²) in [4.78, 5) is 25.4. The molecule has 1 N–H and O–H groups in total. The number of amides is 1. The molecule has 0 saturated heterocycles. The Balaban J connectivity index is 1.91. The van der Waals surface area contributed by atoms with E-state index in [1.165, 1.54) is 18.2 Å². The van der Waals surface area contributed by atoms with Crippen molar-refractivity contribution in [1.29, 1.82) is 0 Å². The van der Waals surface area contributed by atoms with Crippen molar-refractivity contribution in [3.8, 4) is 0 Å². The topological polar surface area (TPSA) is 55.4 Å². The molecule has 0 bridgehead atoms. The maximum atomic E-state index is 13.5. The molecule has 3 rings (SSSR count). The molecule has 0 radical (unpaired) electrons. The molecule has 1 atom stereocenters. The van der Waals surface area contributed by atoms with E-state index in [0.717, 1.165) is 11.3 Å². The Morgan fingerprint density at radius 3 is 2.59 bits per heavy atom. The third-order valence-electron chi connectivity index (χ3n) is 4.12. The first-order chi connectivity index (χ1) is 13.8. The Kier molecular flexibility index (Phi) is 6.77. The number of hydrogen-bond acceptors (Lipinski definition) is 4. The molecule has 0 saturated carbocycles. The van der Waals surface area contributed by atoms with Crippen molar-refractivity contribution in [1.82, 2.24) is 5.32 Å². The fourth-order valence-electron chi connectivity index (χ4n) is 2.88. The van der Waals surface area contributed by atoms with Crippen molar-refractivity contribution in [2.75, 3.05) is 0 Å². The van der Waals surface area contributed by atoms with E-state index in [9.17, 15) is 14.0 Å². The van der Waals surface area contributed by atoms with E-state index >= 15 is 0 Å². The van der Waals surface area contributed by atoms with Crippen LogP contribution in [0.3, 0.4) is 0 Å². The van der Waals surface area contributed by atoms with Crippen LogP contribution in [-0.4, -0.2) is 18.0 Å². The van der Waals surface area contributed by atoms with Crippen LogP contribution in [0.1, 0.15) is 41.5 Å². The smallest absolute Gasteiger partial charge is 0.308 e. The zero-order valence-electron chi connectivity index (χ0n) is 15.7. The number of fused-ring (bicyclic) bond motifs is 1. The summed E-state index contributed by atoms with van der Waals surface area (Å²) in [7, 11) is 0. The third kappa shape index (κ3) is 5.07. The summed E-state index contributed by atoms with van der Waals surface area (Å²) < 4.78 is 19.3. The Bertz CT molecular complexity index is 1070. The first-order valence-corrected chi connectivity index (χ1v) is 10.5. The first-order valence-electron chi connectivity index (χ1n) is 8.88. The predicted octanol–water partition coefficient (Wildman–Crippen LogP) is 6.16. The number of carbonyl (C=O) groups is 2. The van der Waals surface area contributed by atoms with Crippen LogP contribution in [0.15, 0.2) is 42.5 Å². The van der Waals surface area contributed by atoms with Crippen LogP contribution in [0.5, 0.6) is 0 Å². The van der Waals surface area contributed by atoms with Gasteiger partial charge in [-0.2, -0.15) is 0 Å². The van der Waals surface area contributed by atoms with Gasteiger partial charge in [-0.1, -0.05) is 41.4 Å². The number of halogens is 3. The van der Waals surface area contributed by atoms with Gasteiger partial charge in [-0.05, 0) is 43.7 Å². The maximum absolute atomic E-state index is 13.5. The molecule has 152 valence electrons. The lowest BCUT2D eigenvalue weighted by Gasteiger charge is -2.20. The van der Waals surface area contributed by atoms with Crippen molar-refractivity contribution < 1.29 is 18.7 Å². The minimum atomic E-state index is -0.708. The van der Waals surface area contributed by atoms with Crippen LogP contribution in [-0.2, 0) is 9.53 Å². The molecule has 0 aliphatic heterocycles. The number of carbonyl (C=O) groups excluding carboxylic acids is 2.